The van der Waals surface area contributed by atoms with Gasteiger partial charge < -0.3 is 9.15 Å². The second-order valence-corrected chi connectivity index (χ2v) is 9.85. The van der Waals surface area contributed by atoms with E-state index in [1.54, 1.807) is 34.9 Å². The van der Waals surface area contributed by atoms with Gasteiger partial charge in [-0.2, -0.15) is 0 Å². The Labute approximate surface area is 220 Å². The Hall–Kier alpha value is -3.39. The predicted octanol–water partition coefficient (Wildman–Crippen LogP) is 5.37. The van der Waals surface area contributed by atoms with Crippen LogP contribution in [0.15, 0.2) is 86.1 Å². The largest absolute Gasteiger partial charge is 0.466 e. The Morgan fingerprint density at radius 1 is 1.14 bits per heavy atom. The summed E-state index contributed by atoms with van der Waals surface area (Å²) in [5, 5.41) is 0.883. The van der Waals surface area contributed by atoms with Gasteiger partial charge in [-0.3, -0.25) is 9.36 Å². The van der Waals surface area contributed by atoms with E-state index in [9.17, 15) is 9.59 Å². The number of esters is 1. The van der Waals surface area contributed by atoms with Crippen LogP contribution in [-0.2, 0) is 9.53 Å². The lowest BCUT2D eigenvalue weighted by molar-refractivity contribution is -0.136. The fourth-order valence-corrected chi connectivity index (χ4v) is 5.48. The molecule has 0 saturated heterocycles. The topological polar surface area (TPSA) is 73.8 Å². The third-order valence-electron chi connectivity index (χ3n) is 5.87. The molecule has 9 heteroatoms. The molecule has 2 aromatic heterocycles. The van der Waals surface area contributed by atoms with Crippen LogP contribution in [0.2, 0.25) is 10.0 Å². The molecule has 5 rings (SSSR count). The van der Waals surface area contributed by atoms with Gasteiger partial charge in [0.05, 0.1) is 39.0 Å². The second kappa shape index (κ2) is 9.93. The number of halogens is 2. The molecule has 0 bridgehead atoms. The van der Waals surface area contributed by atoms with E-state index in [-0.39, 0.29) is 5.56 Å². The summed E-state index contributed by atoms with van der Waals surface area (Å²) in [6.07, 6.45) is 2.20. The van der Waals surface area contributed by atoms with Crippen molar-refractivity contribution < 1.29 is 13.9 Å². The number of thiazole rings is 1. The predicted molar refractivity (Wildman–Crippen MR) is 141 cm³/mol. The molecule has 182 valence electrons. The quantitative estimate of drug-likeness (QED) is 0.320. The normalized spacial score (nSPS) is 15.6. The van der Waals surface area contributed by atoms with E-state index in [2.05, 4.69) is 4.99 Å². The highest BCUT2D eigenvalue weighted by Crippen LogP contribution is 2.32. The molecule has 0 amide bonds. The Morgan fingerprint density at radius 2 is 1.92 bits per heavy atom. The first-order valence-corrected chi connectivity index (χ1v) is 12.7. The molecule has 1 aliphatic heterocycles. The van der Waals surface area contributed by atoms with Gasteiger partial charge in [-0.1, -0.05) is 71.8 Å². The van der Waals surface area contributed by atoms with Crippen LogP contribution in [-0.4, -0.2) is 17.6 Å². The number of aromatic nitrogens is 1. The minimum atomic E-state index is -0.643. The Bertz CT molecular complexity index is 1680. The minimum absolute atomic E-state index is 0.267. The fraction of sp³-hybridized carbons (Fsp3) is 0.148. The van der Waals surface area contributed by atoms with Gasteiger partial charge in [0.25, 0.3) is 5.56 Å². The van der Waals surface area contributed by atoms with Crippen molar-refractivity contribution in [3.63, 3.8) is 0 Å². The van der Waals surface area contributed by atoms with Gasteiger partial charge in [0.15, 0.2) is 4.80 Å². The molecular weight excluding hydrogens is 519 g/mol. The number of nitrogens with zero attached hydrogens (tertiary/aromatic N) is 2. The van der Waals surface area contributed by atoms with Crippen molar-refractivity contribution in [1.82, 2.24) is 4.57 Å². The average molecular weight is 539 g/mol. The summed E-state index contributed by atoms with van der Waals surface area (Å²) in [5.41, 5.74) is 2.27. The van der Waals surface area contributed by atoms with Crippen LogP contribution in [0.25, 0.3) is 17.4 Å². The van der Waals surface area contributed by atoms with Gasteiger partial charge in [0.2, 0.25) is 0 Å². The van der Waals surface area contributed by atoms with Gasteiger partial charge in [-0.15, -0.1) is 0 Å². The highest BCUT2D eigenvalue weighted by Gasteiger charge is 2.33. The molecule has 0 unspecified atom stereocenters. The highest BCUT2D eigenvalue weighted by molar-refractivity contribution is 7.07. The molecule has 6 nitrogen and oxygen atoms in total. The Balaban J connectivity index is 1.65. The van der Waals surface area contributed by atoms with Crippen molar-refractivity contribution in [1.29, 1.82) is 0 Å². The number of hydrogen-bond acceptors (Lipinski definition) is 6. The van der Waals surface area contributed by atoms with Crippen molar-refractivity contribution in [2.24, 2.45) is 4.99 Å². The molecule has 0 fully saturated rings. The Morgan fingerprint density at radius 3 is 2.61 bits per heavy atom. The highest BCUT2D eigenvalue weighted by atomic mass is 35.5. The zero-order valence-corrected chi connectivity index (χ0v) is 21.7. The van der Waals surface area contributed by atoms with E-state index in [1.807, 2.05) is 43.3 Å². The average Bonchev–Trinajstić information content (AvgIpc) is 3.49. The maximum atomic E-state index is 13.6. The number of methoxy groups -OCH3 is 1. The molecule has 0 radical (unpaired) electrons. The van der Waals surface area contributed by atoms with E-state index in [4.69, 9.17) is 32.4 Å². The first-order chi connectivity index (χ1) is 17.4. The van der Waals surface area contributed by atoms with Crippen LogP contribution in [0.1, 0.15) is 30.7 Å². The van der Waals surface area contributed by atoms with Gasteiger partial charge in [-0.25, -0.2) is 9.79 Å². The van der Waals surface area contributed by atoms with Crippen molar-refractivity contribution in [2.75, 3.05) is 7.11 Å². The SMILES string of the molecule is CCC1=C(C(=O)OC)[C@@H](c2ccccc2)n2c(s/c(=C/c3ccc(-c4ccc(Cl)c(Cl)c4)o3)c2=O)=N1. The summed E-state index contributed by atoms with van der Waals surface area (Å²) in [5.74, 6) is 0.590. The van der Waals surface area contributed by atoms with Crippen molar-refractivity contribution in [2.45, 2.75) is 19.4 Å². The summed E-state index contributed by atoms with van der Waals surface area (Å²) in [4.78, 5) is 31.7. The second-order valence-electron chi connectivity index (χ2n) is 8.03. The summed E-state index contributed by atoms with van der Waals surface area (Å²) in [7, 11) is 1.33. The fourth-order valence-electron chi connectivity index (χ4n) is 4.18. The first kappa shape index (κ1) is 24.3. The summed E-state index contributed by atoms with van der Waals surface area (Å²) < 4.78 is 13.0. The molecular formula is C27H20Cl2N2O4S. The molecule has 1 aliphatic rings. The van der Waals surface area contributed by atoms with Crippen LogP contribution in [0.4, 0.5) is 0 Å². The van der Waals surface area contributed by atoms with Crippen LogP contribution in [0, 0.1) is 0 Å². The van der Waals surface area contributed by atoms with E-state index >= 15 is 0 Å². The third-order valence-corrected chi connectivity index (χ3v) is 7.59. The minimum Gasteiger partial charge on any atom is -0.466 e. The number of benzene rings is 2. The molecule has 0 spiro atoms. The first-order valence-electron chi connectivity index (χ1n) is 11.1. The lowest BCUT2D eigenvalue weighted by atomic mass is 9.95. The van der Waals surface area contributed by atoms with Crippen molar-refractivity contribution >= 4 is 46.6 Å². The van der Waals surface area contributed by atoms with E-state index in [0.717, 1.165) is 11.1 Å². The van der Waals surface area contributed by atoms with Crippen LogP contribution in [0.3, 0.4) is 0 Å². The van der Waals surface area contributed by atoms with Crippen LogP contribution >= 0.6 is 34.5 Å². The molecule has 1 atom stereocenters. The van der Waals surface area contributed by atoms with Crippen molar-refractivity contribution in [3.05, 3.63) is 113 Å². The summed E-state index contributed by atoms with van der Waals surface area (Å²) in [6.45, 7) is 1.92. The van der Waals surface area contributed by atoms with Crippen LogP contribution in [0.5, 0.6) is 0 Å². The number of carbonyl (C=O) groups excluding carboxylic acids is 1. The number of rotatable bonds is 5. The molecule has 4 aromatic rings. The van der Waals surface area contributed by atoms with E-state index in [0.29, 0.717) is 48.6 Å². The number of furan rings is 1. The number of hydrogen-bond donors (Lipinski definition) is 0. The summed E-state index contributed by atoms with van der Waals surface area (Å²) >= 11 is 13.4. The smallest absolute Gasteiger partial charge is 0.338 e. The number of ether oxygens (including phenoxy) is 1. The molecule has 3 heterocycles. The molecule has 0 N–H and O–H groups in total. The Kier molecular flexibility index (Phi) is 6.71. The molecule has 0 aliphatic carbocycles. The molecule has 0 saturated carbocycles. The third kappa shape index (κ3) is 4.34. The zero-order valence-electron chi connectivity index (χ0n) is 19.3. The van der Waals surface area contributed by atoms with Gasteiger partial charge >= 0.3 is 5.97 Å². The summed E-state index contributed by atoms with van der Waals surface area (Å²) in [6, 6.07) is 17.6. The van der Waals surface area contributed by atoms with E-state index < -0.39 is 12.0 Å². The van der Waals surface area contributed by atoms with Crippen LogP contribution < -0.4 is 14.9 Å². The van der Waals surface area contributed by atoms with Gasteiger partial charge in [-0.05, 0) is 42.3 Å². The van der Waals surface area contributed by atoms with Crippen molar-refractivity contribution in [3.8, 4) is 11.3 Å². The van der Waals surface area contributed by atoms with Gasteiger partial charge in [0, 0.05) is 11.6 Å². The van der Waals surface area contributed by atoms with Gasteiger partial charge in [0.1, 0.15) is 11.5 Å². The monoisotopic (exact) mass is 538 g/mol. The molecule has 36 heavy (non-hydrogen) atoms. The lowest BCUT2D eigenvalue weighted by Gasteiger charge is -2.25. The number of allylic oxidation sites excluding steroid dienone is 1. The number of fused-ring (bicyclic) bond motifs is 1. The van der Waals surface area contributed by atoms with E-state index in [1.165, 1.54) is 18.4 Å². The zero-order chi connectivity index (χ0) is 25.4. The maximum absolute atomic E-state index is 13.6. The standard InChI is InChI=1S/C27H20Cl2N2O4S/c1-3-20-23(26(33)34-2)24(15-7-5-4-6-8-15)31-25(32)22(36-27(31)30-20)14-17-10-12-21(35-17)16-9-11-18(28)19(29)13-16/h4-14,24H,3H2,1-2H3/b22-14+/t24-/m1/s1. The maximum Gasteiger partial charge on any atom is 0.338 e. The number of carbonyl (C=O) groups is 1. The molecule has 2 aromatic carbocycles. The lowest BCUT2D eigenvalue weighted by Crippen LogP contribution is -2.40.